The molecule has 0 aromatic carbocycles. The lowest BCUT2D eigenvalue weighted by Gasteiger charge is -2.33. The molecule has 0 aromatic heterocycles. The molecule has 1 rings (SSSR count). The molecule has 0 unspecified atom stereocenters. The molecule has 1 aliphatic rings. The summed E-state index contributed by atoms with van der Waals surface area (Å²) in [5.74, 6) is 1.06. The summed E-state index contributed by atoms with van der Waals surface area (Å²) < 4.78 is 0. The lowest BCUT2D eigenvalue weighted by atomic mass is 9.88. The Kier molecular flexibility index (Phi) is 6.37. The Hall–Kier alpha value is -0.0800. The fourth-order valence-corrected chi connectivity index (χ4v) is 2.69. The molecule has 0 radical (unpaired) electrons. The number of hydrogen-bond acceptors (Lipinski definition) is 2. The van der Waals surface area contributed by atoms with E-state index in [2.05, 4.69) is 19.2 Å². The zero-order valence-corrected chi connectivity index (χ0v) is 11.2. The number of nitrogens with one attached hydrogen (secondary N) is 1. The average molecular weight is 226 g/mol. The van der Waals surface area contributed by atoms with Crippen LogP contribution < -0.4 is 11.1 Å². The highest BCUT2D eigenvalue weighted by Crippen LogP contribution is 2.33. The van der Waals surface area contributed by atoms with Gasteiger partial charge in [0.25, 0.3) is 0 Å². The molecule has 0 saturated heterocycles. The Morgan fingerprint density at radius 2 is 1.81 bits per heavy atom. The topological polar surface area (TPSA) is 38.0 Å². The largest absolute Gasteiger partial charge is 0.329 e. The minimum Gasteiger partial charge on any atom is -0.329 e. The van der Waals surface area contributed by atoms with Gasteiger partial charge in [-0.3, -0.25) is 0 Å². The summed E-state index contributed by atoms with van der Waals surface area (Å²) in [4.78, 5) is 0. The van der Waals surface area contributed by atoms with E-state index in [1.807, 2.05) is 0 Å². The van der Waals surface area contributed by atoms with Gasteiger partial charge in [-0.1, -0.05) is 39.5 Å². The van der Waals surface area contributed by atoms with E-state index >= 15 is 0 Å². The maximum atomic E-state index is 5.97. The van der Waals surface area contributed by atoms with Crippen molar-refractivity contribution in [1.29, 1.82) is 0 Å². The highest BCUT2D eigenvalue weighted by molar-refractivity contribution is 4.88. The molecule has 3 N–H and O–H groups in total. The van der Waals surface area contributed by atoms with Crippen LogP contribution in [0.2, 0.25) is 0 Å². The maximum Gasteiger partial charge on any atom is 0.0303 e. The minimum atomic E-state index is 0.229. The van der Waals surface area contributed by atoms with E-state index in [4.69, 9.17) is 5.73 Å². The van der Waals surface area contributed by atoms with E-state index in [0.29, 0.717) is 0 Å². The molecule has 1 saturated carbocycles. The van der Waals surface area contributed by atoms with Gasteiger partial charge in [0.05, 0.1) is 0 Å². The smallest absolute Gasteiger partial charge is 0.0303 e. The summed E-state index contributed by atoms with van der Waals surface area (Å²) in [6.45, 7) is 6.46. The summed E-state index contributed by atoms with van der Waals surface area (Å²) in [5.41, 5.74) is 6.20. The maximum absolute atomic E-state index is 5.97. The van der Waals surface area contributed by atoms with E-state index in [9.17, 15) is 0 Å². The van der Waals surface area contributed by atoms with Crippen molar-refractivity contribution >= 4 is 0 Å². The second-order valence-electron chi connectivity index (χ2n) is 5.50. The van der Waals surface area contributed by atoms with Gasteiger partial charge < -0.3 is 11.1 Å². The fraction of sp³-hybridized carbons (Fsp3) is 1.00. The van der Waals surface area contributed by atoms with Crippen LogP contribution in [-0.4, -0.2) is 18.6 Å². The third-order valence-corrected chi connectivity index (χ3v) is 3.83. The number of nitrogens with two attached hydrogens (primary N) is 1. The first-order chi connectivity index (χ1) is 7.76. The number of rotatable bonds is 10. The molecule has 0 bridgehead atoms. The number of hydrogen-bond donors (Lipinski definition) is 2. The molecule has 2 heteroatoms. The zero-order chi connectivity index (χ0) is 11.9. The minimum absolute atomic E-state index is 0.229. The van der Waals surface area contributed by atoms with Crippen LogP contribution in [-0.2, 0) is 0 Å². The molecular weight excluding hydrogens is 196 g/mol. The Morgan fingerprint density at radius 3 is 2.25 bits per heavy atom. The Labute approximate surface area is 101 Å². The predicted molar refractivity (Wildman–Crippen MR) is 71.6 cm³/mol. The summed E-state index contributed by atoms with van der Waals surface area (Å²) in [6.07, 6.45) is 10.6. The monoisotopic (exact) mass is 226 g/mol. The van der Waals surface area contributed by atoms with Crippen LogP contribution in [0.25, 0.3) is 0 Å². The van der Waals surface area contributed by atoms with Gasteiger partial charge >= 0.3 is 0 Å². The molecule has 0 aromatic rings. The van der Waals surface area contributed by atoms with Gasteiger partial charge in [-0.25, -0.2) is 0 Å². The van der Waals surface area contributed by atoms with Gasteiger partial charge in [0.15, 0.2) is 0 Å². The van der Waals surface area contributed by atoms with Gasteiger partial charge in [0.2, 0.25) is 0 Å². The van der Waals surface area contributed by atoms with Gasteiger partial charge in [0, 0.05) is 12.1 Å². The van der Waals surface area contributed by atoms with Gasteiger partial charge in [0.1, 0.15) is 0 Å². The van der Waals surface area contributed by atoms with Gasteiger partial charge in [-0.2, -0.15) is 0 Å². The van der Waals surface area contributed by atoms with Crippen molar-refractivity contribution in [3.8, 4) is 0 Å². The summed E-state index contributed by atoms with van der Waals surface area (Å²) in [5, 5.41) is 3.74. The van der Waals surface area contributed by atoms with E-state index in [-0.39, 0.29) is 5.54 Å². The van der Waals surface area contributed by atoms with Crippen LogP contribution in [0.5, 0.6) is 0 Å². The van der Waals surface area contributed by atoms with Crippen LogP contribution in [0.4, 0.5) is 0 Å². The van der Waals surface area contributed by atoms with Crippen molar-refractivity contribution in [2.75, 3.05) is 13.1 Å². The molecule has 0 heterocycles. The predicted octanol–water partition coefficient (Wildman–Crippen LogP) is 3.06. The second-order valence-corrected chi connectivity index (χ2v) is 5.50. The first-order valence-corrected chi connectivity index (χ1v) is 7.21. The van der Waals surface area contributed by atoms with E-state index in [1.165, 1.54) is 51.4 Å². The van der Waals surface area contributed by atoms with E-state index in [1.54, 1.807) is 0 Å². The van der Waals surface area contributed by atoms with Crippen LogP contribution in [0.3, 0.4) is 0 Å². The molecule has 2 nitrogen and oxygen atoms in total. The highest BCUT2D eigenvalue weighted by Gasteiger charge is 2.26. The van der Waals surface area contributed by atoms with Crippen LogP contribution >= 0.6 is 0 Å². The standard InChI is InChI=1S/C14H30N2/c1-3-9-14(12-15,10-4-2)16-11-5-6-13-7-8-13/h13,16H,3-12,15H2,1-2H3. The van der Waals surface area contributed by atoms with Crippen LogP contribution in [0, 0.1) is 5.92 Å². The van der Waals surface area contributed by atoms with Crippen molar-refractivity contribution in [2.45, 2.75) is 70.8 Å². The van der Waals surface area contributed by atoms with Gasteiger partial charge in [-0.05, 0) is 38.1 Å². The Balaban J connectivity index is 2.22. The Morgan fingerprint density at radius 1 is 1.19 bits per heavy atom. The Bertz CT molecular complexity index is 170. The SMILES string of the molecule is CCCC(CN)(CCC)NCCCC1CC1. The molecule has 96 valence electrons. The second kappa shape index (κ2) is 7.29. The lowest BCUT2D eigenvalue weighted by Crippen LogP contribution is -2.51. The molecule has 0 spiro atoms. The van der Waals surface area contributed by atoms with Crippen molar-refractivity contribution in [3.63, 3.8) is 0 Å². The van der Waals surface area contributed by atoms with Crippen molar-refractivity contribution in [1.82, 2.24) is 5.32 Å². The average Bonchev–Trinajstić information content (AvgIpc) is 3.09. The van der Waals surface area contributed by atoms with Gasteiger partial charge in [-0.15, -0.1) is 0 Å². The third-order valence-electron chi connectivity index (χ3n) is 3.83. The summed E-state index contributed by atoms with van der Waals surface area (Å²) in [7, 11) is 0. The quantitative estimate of drug-likeness (QED) is 0.562. The van der Waals surface area contributed by atoms with Crippen molar-refractivity contribution < 1.29 is 0 Å². The molecule has 1 fully saturated rings. The highest BCUT2D eigenvalue weighted by atomic mass is 15.0. The summed E-state index contributed by atoms with van der Waals surface area (Å²) >= 11 is 0. The normalized spacial score (nSPS) is 16.7. The first kappa shape index (κ1) is 14.0. The molecule has 0 aliphatic heterocycles. The van der Waals surface area contributed by atoms with Crippen LogP contribution in [0.1, 0.15) is 65.2 Å². The fourth-order valence-electron chi connectivity index (χ4n) is 2.69. The molecular formula is C14H30N2. The van der Waals surface area contributed by atoms with Crippen molar-refractivity contribution in [3.05, 3.63) is 0 Å². The van der Waals surface area contributed by atoms with E-state index in [0.717, 1.165) is 19.0 Å². The molecule has 1 aliphatic carbocycles. The van der Waals surface area contributed by atoms with Crippen LogP contribution in [0.15, 0.2) is 0 Å². The lowest BCUT2D eigenvalue weighted by molar-refractivity contribution is 0.280. The summed E-state index contributed by atoms with van der Waals surface area (Å²) in [6, 6.07) is 0. The molecule has 0 atom stereocenters. The first-order valence-electron chi connectivity index (χ1n) is 7.21. The molecule has 0 amide bonds. The zero-order valence-electron chi connectivity index (χ0n) is 11.2. The third kappa shape index (κ3) is 4.84. The molecule has 16 heavy (non-hydrogen) atoms. The van der Waals surface area contributed by atoms with Crippen molar-refractivity contribution in [2.24, 2.45) is 11.7 Å². The van der Waals surface area contributed by atoms with E-state index < -0.39 is 0 Å².